The summed E-state index contributed by atoms with van der Waals surface area (Å²) in [5.74, 6) is 0.635. The number of carbonyl (C=O) groups excluding carboxylic acids is 1. The molecular weight excluding hydrogens is 360 g/mol. The summed E-state index contributed by atoms with van der Waals surface area (Å²) in [6, 6.07) is 9.04. The highest BCUT2D eigenvalue weighted by Crippen LogP contribution is 2.29. The Morgan fingerprint density at radius 2 is 2.09 bits per heavy atom. The van der Waals surface area contributed by atoms with Crippen LogP contribution in [0.25, 0.3) is 11.0 Å². The van der Waals surface area contributed by atoms with Gasteiger partial charge in [0.05, 0.1) is 17.7 Å². The molecule has 2 N–H and O–H groups in total. The van der Waals surface area contributed by atoms with Crippen LogP contribution in [0.1, 0.15) is 24.2 Å². The van der Waals surface area contributed by atoms with Gasteiger partial charge in [-0.2, -0.15) is 0 Å². The molecule has 0 bridgehead atoms. The van der Waals surface area contributed by atoms with E-state index in [0.717, 1.165) is 15.5 Å². The Labute approximate surface area is 141 Å². The molecule has 0 fully saturated rings. The van der Waals surface area contributed by atoms with Crippen LogP contribution in [0.2, 0.25) is 0 Å². The Hall–Kier alpha value is -2.34. The van der Waals surface area contributed by atoms with Gasteiger partial charge in [0.2, 0.25) is 0 Å². The third kappa shape index (κ3) is 3.53. The molecule has 3 rings (SSSR count). The average molecular weight is 376 g/mol. The molecule has 5 nitrogen and oxygen atoms in total. The predicted octanol–water partition coefficient (Wildman–Crippen LogP) is 4.10. The maximum Gasteiger partial charge on any atom is 0.342 e. The number of esters is 1. The van der Waals surface area contributed by atoms with Crippen molar-refractivity contribution in [2.75, 3.05) is 0 Å². The number of fused-ring (bicyclic) bond motifs is 1. The van der Waals surface area contributed by atoms with Gasteiger partial charge in [-0.1, -0.05) is 15.9 Å². The second-order valence-electron chi connectivity index (χ2n) is 5.34. The van der Waals surface area contributed by atoms with Crippen molar-refractivity contribution in [1.29, 1.82) is 0 Å². The van der Waals surface area contributed by atoms with Crippen LogP contribution in [-0.4, -0.2) is 17.1 Å². The third-order valence-electron chi connectivity index (χ3n) is 3.17. The van der Waals surface area contributed by atoms with E-state index in [-0.39, 0.29) is 6.10 Å². The fourth-order valence-corrected chi connectivity index (χ4v) is 2.52. The number of carbonyl (C=O) groups is 1. The molecule has 0 aliphatic rings. The molecule has 0 aliphatic carbocycles. The molecule has 0 amide bonds. The molecule has 0 atom stereocenters. The number of hydrogen-bond acceptors (Lipinski definition) is 3. The van der Waals surface area contributed by atoms with E-state index in [1.165, 1.54) is 0 Å². The van der Waals surface area contributed by atoms with E-state index in [2.05, 4.69) is 25.9 Å². The largest absolute Gasteiger partial charge is 0.459 e. The number of benzene rings is 1. The monoisotopic (exact) mass is 375 g/mol. The zero-order chi connectivity index (χ0) is 16.4. The SMILES string of the molecule is CC(C)OC(=O)c1ccc(Br)cc1Oc1c[nH+]c2[nH]ccc2c1. The first-order valence-corrected chi connectivity index (χ1v) is 7.99. The number of H-pyrrole nitrogens is 2. The van der Waals surface area contributed by atoms with Crippen LogP contribution >= 0.6 is 15.9 Å². The van der Waals surface area contributed by atoms with Crippen molar-refractivity contribution < 1.29 is 19.3 Å². The number of nitrogens with one attached hydrogen (secondary N) is 2. The molecule has 2 heterocycles. The third-order valence-corrected chi connectivity index (χ3v) is 3.66. The van der Waals surface area contributed by atoms with Gasteiger partial charge in [0.25, 0.3) is 5.65 Å². The van der Waals surface area contributed by atoms with Gasteiger partial charge in [-0.25, -0.2) is 14.8 Å². The van der Waals surface area contributed by atoms with E-state index in [4.69, 9.17) is 9.47 Å². The Balaban J connectivity index is 1.94. The maximum atomic E-state index is 12.2. The number of ether oxygens (including phenoxy) is 2. The molecule has 0 unspecified atom stereocenters. The summed E-state index contributed by atoms with van der Waals surface area (Å²) in [6.07, 6.45) is 3.39. The Kier molecular flexibility index (Phi) is 4.34. The van der Waals surface area contributed by atoms with Crippen molar-refractivity contribution in [2.24, 2.45) is 0 Å². The highest BCUT2D eigenvalue weighted by Gasteiger charge is 2.17. The number of aromatic amines is 2. The number of aromatic nitrogens is 2. The number of pyridine rings is 1. The van der Waals surface area contributed by atoms with E-state index in [9.17, 15) is 4.79 Å². The lowest BCUT2D eigenvalue weighted by atomic mass is 10.2. The van der Waals surface area contributed by atoms with E-state index < -0.39 is 5.97 Å². The molecule has 0 radical (unpaired) electrons. The second-order valence-corrected chi connectivity index (χ2v) is 6.26. The van der Waals surface area contributed by atoms with Crippen molar-refractivity contribution in [3.05, 3.63) is 52.8 Å². The smallest absolute Gasteiger partial charge is 0.342 e. The zero-order valence-corrected chi connectivity index (χ0v) is 14.3. The molecule has 6 heteroatoms. The van der Waals surface area contributed by atoms with Crippen molar-refractivity contribution >= 4 is 32.9 Å². The lowest BCUT2D eigenvalue weighted by Crippen LogP contribution is -2.12. The first-order chi connectivity index (χ1) is 11.0. The summed E-state index contributed by atoms with van der Waals surface area (Å²) in [7, 11) is 0. The molecule has 3 aromatic rings. The molecule has 118 valence electrons. The highest BCUT2D eigenvalue weighted by atomic mass is 79.9. The molecule has 0 aliphatic heterocycles. The lowest BCUT2D eigenvalue weighted by molar-refractivity contribution is -0.348. The van der Waals surface area contributed by atoms with Crippen molar-refractivity contribution in [2.45, 2.75) is 20.0 Å². The fraction of sp³-hybridized carbons (Fsp3) is 0.176. The number of hydrogen-bond donors (Lipinski definition) is 1. The van der Waals surface area contributed by atoms with Gasteiger partial charge in [0.1, 0.15) is 17.5 Å². The summed E-state index contributed by atoms with van der Waals surface area (Å²) in [4.78, 5) is 18.4. The molecule has 0 saturated heterocycles. The zero-order valence-electron chi connectivity index (χ0n) is 12.7. The van der Waals surface area contributed by atoms with E-state index >= 15 is 0 Å². The molecule has 23 heavy (non-hydrogen) atoms. The van der Waals surface area contributed by atoms with Gasteiger partial charge >= 0.3 is 5.97 Å². The van der Waals surface area contributed by atoms with Crippen molar-refractivity contribution in [1.82, 2.24) is 4.98 Å². The minimum Gasteiger partial charge on any atom is -0.459 e. The number of halogens is 1. The minimum absolute atomic E-state index is 0.191. The van der Waals surface area contributed by atoms with Gasteiger partial charge in [-0.3, -0.25) is 0 Å². The van der Waals surface area contributed by atoms with E-state index in [1.54, 1.807) is 24.4 Å². The summed E-state index contributed by atoms with van der Waals surface area (Å²) in [5, 5.41) is 0.990. The average Bonchev–Trinajstić information content (AvgIpc) is 2.94. The van der Waals surface area contributed by atoms with Gasteiger partial charge in [0, 0.05) is 10.5 Å². The van der Waals surface area contributed by atoms with Gasteiger partial charge in [-0.15, -0.1) is 0 Å². The summed E-state index contributed by atoms with van der Waals surface area (Å²) < 4.78 is 12.0. The first-order valence-electron chi connectivity index (χ1n) is 7.20. The summed E-state index contributed by atoms with van der Waals surface area (Å²) in [5.41, 5.74) is 1.29. The van der Waals surface area contributed by atoms with Crippen molar-refractivity contribution in [3.8, 4) is 11.5 Å². The summed E-state index contributed by atoms with van der Waals surface area (Å²) >= 11 is 3.40. The molecular formula is C17H16BrN2O3+. The van der Waals surface area contributed by atoms with Crippen LogP contribution in [0.4, 0.5) is 0 Å². The van der Waals surface area contributed by atoms with Crippen LogP contribution < -0.4 is 9.72 Å². The Morgan fingerprint density at radius 3 is 2.87 bits per heavy atom. The quantitative estimate of drug-likeness (QED) is 0.698. The van der Waals surface area contributed by atoms with Crippen LogP contribution in [-0.2, 0) is 4.74 Å². The molecule has 0 saturated carbocycles. The van der Waals surface area contributed by atoms with Gasteiger partial charge < -0.3 is 9.47 Å². The maximum absolute atomic E-state index is 12.2. The Bertz CT molecular complexity index is 858. The van der Waals surface area contributed by atoms with Crippen LogP contribution in [0.3, 0.4) is 0 Å². The minimum atomic E-state index is -0.408. The number of rotatable bonds is 4. The van der Waals surface area contributed by atoms with Crippen LogP contribution in [0, 0.1) is 0 Å². The molecule has 2 aromatic heterocycles. The second kappa shape index (κ2) is 6.42. The Morgan fingerprint density at radius 1 is 1.26 bits per heavy atom. The van der Waals surface area contributed by atoms with E-state index in [0.29, 0.717) is 17.1 Å². The fourth-order valence-electron chi connectivity index (χ4n) is 2.18. The summed E-state index contributed by atoms with van der Waals surface area (Å²) in [6.45, 7) is 3.62. The first kappa shape index (κ1) is 15.6. The molecule has 1 aromatic carbocycles. The van der Waals surface area contributed by atoms with Crippen LogP contribution in [0.15, 0.2) is 47.2 Å². The topological polar surface area (TPSA) is 65.5 Å². The normalized spacial score (nSPS) is 11.0. The van der Waals surface area contributed by atoms with E-state index in [1.807, 2.05) is 32.2 Å². The molecule has 0 spiro atoms. The van der Waals surface area contributed by atoms with Crippen LogP contribution in [0.5, 0.6) is 11.5 Å². The highest BCUT2D eigenvalue weighted by molar-refractivity contribution is 9.10. The van der Waals surface area contributed by atoms with Gasteiger partial charge in [0.15, 0.2) is 5.75 Å². The predicted molar refractivity (Wildman–Crippen MR) is 89.6 cm³/mol. The standard InChI is InChI=1S/C17H15BrN2O3/c1-10(2)22-17(21)14-4-3-12(18)8-15(14)23-13-7-11-5-6-19-16(11)20-9-13/h3-10H,1-2H3,(H,19,20)/p+1. The lowest BCUT2D eigenvalue weighted by Gasteiger charge is -2.12. The van der Waals surface area contributed by atoms with Gasteiger partial charge in [-0.05, 0) is 38.1 Å². The van der Waals surface area contributed by atoms with Crippen molar-refractivity contribution in [3.63, 3.8) is 0 Å².